The Kier molecular flexibility index (Phi) is 5.63. The number of rotatable bonds is 6. The summed E-state index contributed by atoms with van der Waals surface area (Å²) in [6.07, 6.45) is 0.835. The van der Waals surface area contributed by atoms with E-state index in [4.69, 9.17) is 16.3 Å². The van der Waals surface area contributed by atoms with E-state index < -0.39 is 15.9 Å². The standard InChI is InChI=1S/C16H16ClNO4S/c1-2-10-22-14-5-3-4-12(11-14)16(19)18-23(20,21)15-8-6-13(17)7-9-15/h3-9,11H,2,10H2,1H3,(H,18,19). The fourth-order valence-electron chi connectivity index (χ4n) is 1.80. The van der Waals surface area contributed by atoms with Crippen molar-refractivity contribution in [1.29, 1.82) is 0 Å². The van der Waals surface area contributed by atoms with Gasteiger partial charge in [-0.2, -0.15) is 0 Å². The van der Waals surface area contributed by atoms with E-state index in [-0.39, 0.29) is 10.5 Å². The third-order valence-electron chi connectivity index (χ3n) is 2.92. The molecule has 7 heteroatoms. The van der Waals surface area contributed by atoms with E-state index in [1.54, 1.807) is 12.1 Å². The van der Waals surface area contributed by atoms with Gasteiger partial charge in [0.1, 0.15) is 5.75 Å². The van der Waals surface area contributed by atoms with Crippen molar-refractivity contribution in [3.05, 3.63) is 59.1 Å². The second-order valence-corrected chi connectivity index (χ2v) is 6.88. The Bertz CT molecular complexity index is 788. The second kappa shape index (κ2) is 7.48. The molecule has 0 aliphatic rings. The Hall–Kier alpha value is -2.05. The fourth-order valence-corrected chi connectivity index (χ4v) is 2.90. The molecule has 0 saturated heterocycles. The van der Waals surface area contributed by atoms with Crippen LogP contribution in [0, 0.1) is 0 Å². The van der Waals surface area contributed by atoms with Gasteiger partial charge in [0.05, 0.1) is 11.5 Å². The molecule has 0 spiro atoms. The van der Waals surface area contributed by atoms with Gasteiger partial charge in [-0.1, -0.05) is 24.6 Å². The minimum absolute atomic E-state index is 0.0337. The van der Waals surface area contributed by atoms with Crippen molar-refractivity contribution >= 4 is 27.5 Å². The van der Waals surface area contributed by atoms with E-state index in [1.165, 1.54) is 36.4 Å². The number of nitrogens with one attached hydrogen (secondary N) is 1. The first-order valence-corrected chi connectivity index (χ1v) is 8.84. The summed E-state index contributed by atoms with van der Waals surface area (Å²) >= 11 is 5.73. The molecule has 0 unspecified atom stereocenters. The Labute approximate surface area is 140 Å². The second-order valence-electron chi connectivity index (χ2n) is 4.76. The minimum Gasteiger partial charge on any atom is -0.494 e. The van der Waals surface area contributed by atoms with E-state index in [2.05, 4.69) is 0 Å². The van der Waals surface area contributed by atoms with Crippen LogP contribution in [-0.4, -0.2) is 20.9 Å². The fraction of sp³-hybridized carbons (Fsp3) is 0.188. The Balaban J connectivity index is 2.16. The van der Waals surface area contributed by atoms with Crippen molar-refractivity contribution in [1.82, 2.24) is 4.72 Å². The van der Waals surface area contributed by atoms with E-state index in [0.29, 0.717) is 17.4 Å². The molecule has 2 rings (SSSR count). The molecule has 5 nitrogen and oxygen atoms in total. The van der Waals surface area contributed by atoms with Gasteiger partial charge in [0.2, 0.25) is 0 Å². The molecule has 122 valence electrons. The smallest absolute Gasteiger partial charge is 0.265 e. The van der Waals surface area contributed by atoms with Gasteiger partial charge in [-0.3, -0.25) is 4.79 Å². The van der Waals surface area contributed by atoms with Crippen molar-refractivity contribution < 1.29 is 17.9 Å². The Morgan fingerprint density at radius 1 is 1.17 bits per heavy atom. The number of amides is 1. The summed E-state index contributed by atoms with van der Waals surface area (Å²) in [5, 5.41) is 0.413. The van der Waals surface area contributed by atoms with E-state index in [9.17, 15) is 13.2 Å². The third kappa shape index (κ3) is 4.71. The molecule has 2 aromatic rings. The van der Waals surface area contributed by atoms with Crippen LogP contribution in [0.5, 0.6) is 5.75 Å². The van der Waals surface area contributed by atoms with Crippen molar-refractivity contribution in [2.45, 2.75) is 18.2 Å². The molecule has 1 amide bonds. The zero-order chi connectivity index (χ0) is 16.9. The molecule has 0 saturated carbocycles. The first kappa shape index (κ1) is 17.3. The number of ether oxygens (including phenoxy) is 1. The van der Waals surface area contributed by atoms with E-state index in [0.717, 1.165) is 6.42 Å². The molecule has 0 aromatic heterocycles. The first-order chi connectivity index (χ1) is 10.9. The maximum Gasteiger partial charge on any atom is 0.265 e. The number of sulfonamides is 1. The summed E-state index contributed by atoms with van der Waals surface area (Å²) in [5.74, 6) is -0.203. The molecule has 23 heavy (non-hydrogen) atoms. The Morgan fingerprint density at radius 2 is 1.87 bits per heavy atom. The normalized spacial score (nSPS) is 11.0. The lowest BCUT2D eigenvalue weighted by atomic mass is 10.2. The molecule has 0 bridgehead atoms. The molecular formula is C16H16ClNO4S. The minimum atomic E-state index is -3.95. The van der Waals surface area contributed by atoms with Crippen LogP contribution in [0.25, 0.3) is 0 Å². The van der Waals surface area contributed by atoms with Crippen LogP contribution in [-0.2, 0) is 10.0 Å². The zero-order valence-corrected chi connectivity index (χ0v) is 14.0. The van der Waals surface area contributed by atoms with Gasteiger partial charge >= 0.3 is 0 Å². The summed E-state index contributed by atoms with van der Waals surface area (Å²) in [6.45, 7) is 2.49. The van der Waals surface area contributed by atoms with Gasteiger partial charge < -0.3 is 4.74 Å². The van der Waals surface area contributed by atoms with Gasteiger partial charge in [-0.05, 0) is 48.9 Å². The predicted molar refractivity (Wildman–Crippen MR) is 88.3 cm³/mol. The van der Waals surface area contributed by atoms with Crippen molar-refractivity contribution in [3.8, 4) is 5.75 Å². The summed E-state index contributed by atoms with van der Waals surface area (Å²) in [4.78, 5) is 12.1. The summed E-state index contributed by atoms with van der Waals surface area (Å²) in [7, 11) is -3.95. The maximum absolute atomic E-state index is 12.2. The lowest BCUT2D eigenvalue weighted by molar-refractivity contribution is 0.0981. The van der Waals surface area contributed by atoms with Crippen molar-refractivity contribution in [2.75, 3.05) is 6.61 Å². The van der Waals surface area contributed by atoms with Crippen LogP contribution in [0.3, 0.4) is 0 Å². The molecule has 0 fully saturated rings. The topological polar surface area (TPSA) is 72.5 Å². The van der Waals surface area contributed by atoms with Crippen LogP contribution in [0.15, 0.2) is 53.4 Å². The zero-order valence-electron chi connectivity index (χ0n) is 12.5. The van der Waals surface area contributed by atoms with Gasteiger partial charge in [-0.15, -0.1) is 0 Å². The lowest BCUT2D eigenvalue weighted by Crippen LogP contribution is -2.30. The number of carbonyl (C=O) groups is 1. The van der Waals surface area contributed by atoms with E-state index >= 15 is 0 Å². The average Bonchev–Trinajstić information content (AvgIpc) is 2.53. The highest BCUT2D eigenvalue weighted by Crippen LogP contribution is 2.16. The lowest BCUT2D eigenvalue weighted by Gasteiger charge is -2.09. The summed E-state index contributed by atoms with van der Waals surface area (Å²) in [5.41, 5.74) is 0.205. The SMILES string of the molecule is CCCOc1cccc(C(=O)NS(=O)(=O)c2ccc(Cl)cc2)c1. The van der Waals surface area contributed by atoms with Crippen molar-refractivity contribution in [3.63, 3.8) is 0 Å². The number of hydrogen-bond donors (Lipinski definition) is 1. The van der Waals surface area contributed by atoms with Crippen LogP contribution >= 0.6 is 11.6 Å². The number of benzene rings is 2. The molecule has 0 aliphatic carbocycles. The van der Waals surface area contributed by atoms with E-state index in [1.807, 2.05) is 11.6 Å². The monoisotopic (exact) mass is 353 g/mol. The summed E-state index contributed by atoms with van der Waals surface area (Å²) < 4.78 is 31.8. The highest BCUT2D eigenvalue weighted by atomic mass is 35.5. The maximum atomic E-state index is 12.2. The first-order valence-electron chi connectivity index (χ1n) is 6.98. The largest absolute Gasteiger partial charge is 0.494 e. The number of carbonyl (C=O) groups excluding carboxylic acids is 1. The number of halogens is 1. The average molecular weight is 354 g/mol. The van der Waals surface area contributed by atoms with Gasteiger partial charge in [0, 0.05) is 10.6 Å². The molecule has 2 aromatic carbocycles. The Morgan fingerprint density at radius 3 is 2.52 bits per heavy atom. The predicted octanol–water partition coefficient (Wildman–Crippen LogP) is 3.25. The van der Waals surface area contributed by atoms with Gasteiger partial charge in [-0.25, -0.2) is 13.1 Å². The third-order valence-corrected chi connectivity index (χ3v) is 4.52. The van der Waals surface area contributed by atoms with Crippen LogP contribution in [0.1, 0.15) is 23.7 Å². The van der Waals surface area contributed by atoms with Crippen LogP contribution in [0.2, 0.25) is 5.02 Å². The quantitative estimate of drug-likeness (QED) is 0.865. The van der Waals surface area contributed by atoms with Crippen LogP contribution < -0.4 is 9.46 Å². The van der Waals surface area contributed by atoms with Crippen molar-refractivity contribution in [2.24, 2.45) is 0 Å². The molecular weight excluding hydrogens is 338 g/mol. The molecule has 0 atom stereocenters. The number of hydrogen-bond acceptors (Lipinski definition) is 4. The molecule has 0 aliphatic heterocycles. The van der Waals surface area contributed by atoms with Gasteiger partial charge in [0.25, 0.3) is 15.9 Å². The highest BCUT2D eigenvalue weighted by molar-refractivity contribution is 7.90. The molecule has 1 N–H and O–H groups in total. The highest BCUT2D eigenvalue weighted by Gasteiger charge is 2.18. The van der Waals surface area contributed by atoms with Crippen LogP contribution in [0.4, 0.5) is 0 Å². The molecule has 0 heterocycles. The summed E-state index contributed by atoms with van der Waals surface area (Å²) in [6, 6.07) is 11.9. The van der Waals surface area contributed by atoms with Gasteiger partial charge in [0.15, 0.2) is 0 Å². The molecule has 0 radical (unpaired) electrons.